The van der Waals surface area contributed by atoms with E-state index >= 15 is 0 Å². The van der Waals surface area contributed by atoms with Crippen molar-refractivity contribution < 1.29 is 0 Å². The van der Waals surface area contributed by atoms with Gasteiger partial charge in [-0.2, -0.15) is 0 Å². The van der Waals surface area contributed by atoms with Crippen molar-refractivity contribution in [3.8, 4) is 33.4 Å². The summed E-state index contributed by atoms with van der Waals surface area (Å²) in [6.07, 6.45) is 1.90. The Morgan fingerprint density at radius 3 is 1.82 bits per heavy atom. The maximum Gasteiger partial charge on any atom is 0.161 e. The number of aromatic nitrogens is 1. The number of hydrogen-bond acceptors (Lipinski definition) is 2. The second-order valence-corrected chi connectivity index (χ2v) is 13.9. The smallest absolute Gasteiger partial charge is 0.161 e. The van der Waals surface area contributed by atoms with Crippen LogP contribution in [0.4, 0.5) is 0 Å². The number of fused-ring (bicyclic) bond motifs is 3. The van der Waals surface area contributed by atoms with E-state index in [1.165, 1.54) is 27.8 Å². The largest absolute Gasteiger partial charge is 0.261 e. The lowest BCUT2D eigenvalue weighted by atomic mass is 9.69. The molecule has 0 spiro atoms. The van der Waals surface area contributed by atoms with E-state index in [0.717, 1.165) is 44.6 Å². The standard InChI is InChI=1S/C52H38N4/c1-53-50(56-51(38-19-7-3-8-20-38)55-36-37-17-5-2-6-18-37)43-24-16-23-41(34-43)39-21-15-22-40(33-39)42-30-31-48-46(35-42)45-27-11-12-28-47(45)52(48,44-25-9-4-10-26-44)49-29-13-14-32-54-49/h2-35H,1,36H2. The molecule has 1 aromatic heterocycles. The fourth-order valence-corrected chi connectivity index (χ4v) is 8.01. The zero-order valence-corrected chi connectivity index (χ0v) is 30.8. The number of pyridine rings is 1. The summed E-state index contributed by atoms with van der Waals surface area (Å²) in [4.78, 5) is 19.3. The van der Waals surface area contributed by atoms with E-state index in [-0.39, 0.29) is 0 Å². The first kappa shape index (κ1) is 34.5. The highest BCUT2D eigenvalue weighted by Gasteiger charge is 2.47. The van der Waals surface area contributed by atoms with Gasteiger partial charge in [-0.05, 0) is 92.7 Å². The molecule has 4 nitrogen and oxygen atoms in total. The Kier molecular flexibility index (Phi) is 9.36. The number of benzene rings is 7. The average molecular weight is 719 g/mol. The van der Waals surface area contributed by atoms with Gasteiger partial charge >= 0.3 is 0 Å². The molecule has 1 unspecified atom stereocenters. The lowest BCUT2D eigenvalue weighted by Crippen LogP contribution is -2.29. The molecule has 1 aliphatic rings. The summed E-state index contributed by atoms with van der Waals surface area (Å²) >= 11 is 0. The summed E-state index contributed by atoms with van der Waals surface area (Å²) in [5.74, 6) is 1.13. The summed E-state index contributed by atoms with van der Waals surface area (Å²) in [7, 11) is 0. The van der Waals surface area contributed by atoms with Crippen molar-refractivity contribution in [3.63, 3.8) is 0 Å². The minimum Gasteiger partial charge on any atom is -0.261 e. The van der Waals surface area contributed by atoms with E-state index < -0.39 is 5.41 Å². The van der Waals surface area contributed by atoms with Crippen LogP contribution in [-0.4, -0.2) is 23.4 Å². The van der Waals surface area contributed by atoms with Gasteiger partial charge in [-0.15, -0.1) is 0 Å². The van der Waals surface area contributed by atoms with E-state index in [1.54, 1.807) is 0 Å². The molecule has 9 rings (SSSR count). The molecule has 0 N–H and O–H groups in total. The first-order chi connectivity index (χ1) is 27.7. The van der Waals surface area contributed by atoms with Gasteiger partial charge in [0.25, 0.3) is 0 Å². The summed E-state index contributed by atoms with van der Waals surface area (Å²) < 4.78 is 0. The van der Waals surface area contributed by atoms with E-state index in [0.29, 0.717) is 18.2 Å². The lowest BCUT2D eigenvalue weighted by Gasteiger charge is -2.32. The van der Waals surface area contributed by atoms with Crippen molar-refractivity contribution in [2.24, 2.45) is 15.0 Å². The maximum atomic E-state index is 4.99. The highest BCUT2D eigenvalue weighted by atomic mass is 15.0. The first-order valence-electron chi connectivity index (χ1n) is 18.8. The van der Waals surface area contributed by atoms with Crippen LogP contribution in [0.5, 0.6) is 0 Å². The van der Waals surface area contributed by atoms with Gasteiger partial charge in [0.15, 0.2) is 11.7 Å². The van der Waals surface area contributed by atoms with Crippen molar-refractivity contribution in [3.05, 3.63) is 245 Å². The number of rotatable bonds is 8. The molecule has 8 aromatic rings. The summed E-state index contributed by atoms with van der Waals surface area (Å²) in [5.41, 5.74) is 14.0. The Hall–Kier alpha value is -7.30. The number of nitrogens with zero attached hydrogens (tertiary/aromatic N) is 4. The maximum absolute atomic E-state index is 4.99. The Bertz CT molecular complexity index is 2680. The summed E-state index contributed by atoms with van der Waals surface area (Å²) in [6.45, 7) is 4.42. The van der Waals surface area contributed by atoms with Crippen molar-refractivity contribution in [1.82, 2.24) is 4.98 Å². The molecule has 1 atom stereocenters. The Morgan fingerprint density at radius 2 is 1.09 bits per heavy atom. The molecule has 0 bridgehead atoms. The molecule has 0 amide bonds. The zero-order chi connectivity index (χ0) is 37.7. The molecular weight excluding hydrogens is 681 g/mol. The van der Waals surface area contributed by atoms with Crippen LogP contribution in [-0.2, 0) is 12.0 Å². The van der Waals surface area contributed by atoms with Crippen molar-refractivity contribution in [2.75, 3.05) is 0 Å². The second kappa shape index (κ2) is 15.2. The molecule has 4 heteroatoms. The van der Waals surface area contributed by atoms with Crippen LogP contribution >= 0.6 is 0 Å². The van der Waals surface area contributed by atoms with E-state index in [4.69, 9.17) is 15.0 Å². The molecule has 56 heavy (non-hydrogen) atoms. The topological polar surface area (TPSA) is 50.0 Å². The van der Waals surface area contributed by atoms with Crippen LogP contribution in [0.2, 0.25) is 0 Å². The number of hydrogen-bond donors (Lipinski definition) is 0. The summed E-state index contributed by atoms with van der Waals surface area (Å²) in [6, 6.07) is 70.0. The van der Waals surface area contributed by atoms with Gasteiger partial charge in [-0.25, -0.2) is 9.98 Å². The van der Waals surface area contributed by atoms with Crippen molar-refractivity contribution in [1.29, 1.82) is 0 Å². The van der Waals surface area contributed by atoms with Crippen LogP contribution in [0.15, 0.2) is 221 Å². The molecule has 0 aliphatic heterocycles. The number of amidine groups is 2. The first-order valence-corrected chi connectivity index (χ1v) is 18.8. The zero-order valence-electron chi connectivity index (χ0n) is 30.8. The molecule has 0 saturated carbocycles. The lowest BCUT2D eigenvalue weighted by molar-refractivity contribution is 0.735. The highest BCUT2D eigenvalue weighted by Crippen LogP contribution is 2.56. The third-order valence-electron chi connectivity index (χ3n) is 10.6. The van der Waals surface area contributed by atoms with E-state index in [1.807, 2.05) is 66.9 Å². The number of aliphatic imine (C=N–C) groups is 3. The van der Waals surface area contributed by atoms with E-state index in [2.05, 4.69) is 151 Å². The predicted molar refractivity (Wildman–Crippen MR) is 232 cm³/mol. The van der Waals surface area contributed by atoms with Crippen molar-refractivity contribution >= 4 is 18.4 Å². The molecule has 1 heterocycles. The van der Waals surface area contributed by atoms with Gasteiger partial charge in [0.05, 0.1) is 17.7 Å². The molecule has 0 saturated heterocycles. The quantitative estimate of drug-likeness (QED) is 0.114. The van der Waals surface area contributed by atoms with Crippen LogP contribution in [0.3, 0.4) is 0 Å². The van der Waals surface area contributed by atoms with Gasteiger partial charge in [0.1, 0.15) is 0 Å². The van der Waals surface area contributed by atoms with Gasteiger partial charge in [-0.3, -0.25) is 9.98 Å². The Labute approximate surface area is 328 Å². The highest BCUT2D eigenvalue weighted by molar-refractivity contribution is 6.13. The third kappa shape index (κ3) is 6.37. The summed E-state index contributed by atoms with van der Waals surface area (Å²) in [5, 5.41) is 0. The van der Waals surface area contributed by atoms with Crippen LogP contribution in [0.1, 0.15) is 39.1 Å². The van der Waals surface area contributed by atoms with Crippen molar-refractivity contribution in [2.45, 2.75) is 12.0 Å². The van der Waals surface area contributed by atoms with Crippen LogP contribution < -0.4 is 0 Å². The molecule has 7 aromatic carbocycles. The predicted octanol–water partition coefficient (Wildman–Crippen LogP) is 11.9. The van der Waals surface area contributed by atoms with Gasteiger partial charge in [0, 0.05) is 17.3 Å². The normalized spacial score (nSPS) is 14.9. The molecule has 0 fully saturated rings. The second-order valence-electron chi connectivity index (χ2n) is 13.9. The van der Waals surface area contributed by atoms with Crippen LogP contribution in [0, 0.1) is 0 Å². The molecular formula is C52H38N4. The molecule has 266 valence electrons. The SMILES string of the molecule is C=NC(=NC(=NCc1ccccc1)c1ccccc1)c1cccc(-c2cccc(-c3ccc4c(c3)-c3ccccc3C4(c3ccccc3)c3ccccn3)c2)c1. The monoisotopic (exact) mass is 718 g/mol. The third-order valence-corrected chi connectivity index (χ3v) is 10.6. The fourth-order valence-electron chi connectivity index (χ4n) is 8.01. The van der Waals surface area contributed by atoms with Gasteiger partial charge in [0.2, 0.25) is 0 Å². The molecule has 1 aliphatic carbocycles. The Morgan fingerprint density at radius 1 is 0.482 bits per heavy atom. The van der Waals surface area contributed by atoms with E-state index in [9.17, 15) is 0 Å². The average Bonchev–Trinajstić information content (AvgIpc) is 3.58. The van der Waals surface area contributed by atoms with Crippen LogP contribution in [0.25, 0.3) is 33.4 Å². The van der Waals surface area contributed by atoms with Gasteiger partial charge < -0.3 is 0 Å². The Balaban J connectivity index is 1.09. The minimum absolute atomic E-state index is 0.510. The van der Waals surface area contributed by atoms with Gasteiger partial charge in [-0.1, -0.05) is 170 Å². The molecule has 0 radical (unpaired) electrons. The fraction of sp³-hybridized carbons (Fsp3) is 0.0385. The minimum atomic E-state index is -0.527.